The first kappa shape index (κ1) is 22.6. The Morgan fingerprint density at radius 2 is 1.23 bits per heavy atom. The van der Waals surface area contributed by atoms with E-state index < -0.39 is 51.5 Å². The Morgan fingerprint density at radius 3 is 1.62 bits per heavy atom. The van der Waals surface area contributed by atoms with E-state index in [1.54, 1.807) is 0 Å². The molecule has 1 aromatic carbocycles. The van der Waals surface area contributed by atoms with Crippen LogP contribution in [0, 0.1) is 0 Å². The van der Waals surface area contributed by atoms with Crippen LogP contribution in [-0.4, -0.2) is 29.7 Å². The summed E-state index contributed by atoms with van der Waals surface area (Å²) in [4.78, 5) is 11.4. The average molecular weight is 471 g/mol. The van der Waals surface area contributed by atoms with Gasteiger partial charge in [0, 0.05) is 10.0 Å². The number of halogens is 13. The van der Waals surface area contributed by atoms with E-state index in [4.69, 9.17) is 0 Å². The zero-order valence-corrected chi connectivity index (χ0v) is 13.1. The van der Waals surface area contributed by atoms with Crippen molar-refractivity contribution in [3.63, 3.8) is 0 Å². The second-order valence-electron chi connectivity index (χ2n) is 4.74. The normalized spacial score (nSPS) is 14.5. The van der Waals surface area contributed by atoms with Crippen molar-refractivity contribution in [3.05, 3.63) is 33.8 Å². The maximum absolute atomic E-state index is 13.5. The maximum Gasteiger partial charge on any atom is 0.460 e. The van der Waals surface area contributed by atoms with E-state index in [0.717, 1.165) is 0 Å². The molecule has 148 valence electrons. The first-order chi connectivity index (χ1) is 11.3. The summed E-state index contributed by atoms with van der Waals surface area (Å²) in [5.74, 6) is -25.1. The second kappa shape index (κ2) is 6.30. The van der Waals surface area contributed by atoms with Gasteiger partial charge in [-0.3, -0.25) is 4.79 Å². The van der Waals surface area contributed by atoms with Gasteiger partial charge in [-0.15, -0.1) is 0 Å². The molecular formula is C12H3BrF12O. The predicted octanol–water partition coefficient (Wildman–Crippen LogP) is 6.12. The number of carbonyl (C=O) groups excluding carboxylic acids is 1. The van der Waals surface area contributed by atoms with Crippen molar-refractivity contribution >= 4 is 21.7 Å². The lowest BCUT2D eigenvalue weighted by molar-refractivity contribution is -0.386. The quantitative estimate of drug-likeness (QED) is 0.382. The zero-order valence-electron chi connectivity index (χ0n) is 11.6. The van der Waals surface area contributed by atoms with Gasteiger partial charge in [0.2, 0.25) is 5.78 Å². The minimum atomic E-state index is -7.40. The summed E-state index contributed by atoms with van der Waals surface area (Å²) in [6, 6.07) is 0.424. The Hall–Kier alpha value is -1.47. The molecule has 1 nitrogen and oxygen atoms in total. The third kappa shape index (κ3) is 3.51. The van der Waals surface area contributed by atoms with Crippen molar-refractivity contribution in [1.82, 2.24) is 0 Å². The second-order valence-corrected chi connectivity index (χ2v) is 5.65. The van der Waals surface area contributed by atoms with Crippen molar-refractivity contribution in [2.24, 2.45) is 0 Å². The Kier molecular flexibility index (Phi) is 5.47. The van der Waals surface area contributed by atoms with Crippen LogP contribution in [0.25, 0.3) is 0 Å². The Morgan fingerprint density at radius 1 is 0.769 bits per heavy atom. The molecule has 0 unspecified atom stereocenters. The summed E-state index contributed by atoms with van der Waals surface area (Å²) in [6.07, 6.45) is -12.8. The first-order valence-electron chi connectivity index (χ1n) is 5.90. The lowest BCUT2D eigenvalue weighted by Gasteiger charge is -2.33. The van der Waals surface area contributed by atoms with Crippen LogP contribution >= 0.6 is 15.9 Å². The molecule has 0 aliphatic rings. The number of benzene rings is 1. The number of hydrogen-bond acceptors (Lipinski definition) is 1. The number of rotatable bonds is 4. The Labute approximate surface area is 144 Å². The van der Waals surface area contributed by atoms with Crippen LogP contribution in [0.2, 0.25) is 0 Å². The highest BCUT2D eigenvalue weighted by Crippen LogP contribution is 2.54. The largest absolute Gasteiger partial charge is 0.460 e. The Balaban J connectivity index is 3.59. The lowest BCUT2D eigenvalue weighted by atomic mass is 9.93. The highest BCUT2D eigenvalue weighted by atomic mass is 79.9. The molecule has 0 aliphatic heterocycles. The summed E-state index contributed by atoms with van der Waals surface area (Å²) in [6.45, 7) is 0. The van der Waals surface area contributed by atoms with E-state index in [0.29, 0.717) is 6.07 Å². The van der Waals surface area contributed by atoms with Gasteiger partial charge in [0.25, 0.3) is 0 Å². The molecule has 0 aromatic heterocycles. The summed E-state index contributed by atoms with van der Waals surface area (Å²) in [5, 5.41) is 0. The minimum absolute atomic E-state index is 0.0106. The smallest absolute Gasteiger partial charge is 0.287 e. The molecule has 1 aromatic rings. The molecule has 0 fully saturated rings. The van der Waals surface area contributed by atoms with Gasteiger partial charge in [0.05, 0.1) is 5.56 Å². The summed E-state index contributed by atoms with van der Waals surface area (Å²) in [5.41, 5.74) is -4.44. The fourth-order valence-electron chi connectivity index (χ4n) is 1.64. The molecule has 26 heavy (non-hydrogen) atoms. The molecule has 1 rings (SSSR count). The van der Waals surface area contributed by atoms with Gasteiger partial charge in [-0.2, -0.15) is 52.7 Å². The molecule has 0 atom stereocenters. The van der Waals surface area contributed by atoms with Gasteiger partial charge >= 0.3 is 30.1 Å². The fraction of sp³-hybridized carbons (Fsp3) is 0.417. The van der Waals surface area contributed by atoms with E-state index in [2.05, 4.69) is 15.9 Å². The van der Waals surface area contributed by atoms with E-state index in [9.17, 15) is 57.5 Å². The van der Waals surface area contributed by atoms with Gasteiger partial charge in [0.15, 0.2) is 0 Å². The molecule has 14 heteroatoms. The van der Waals surface area contributed by atoms with Gasteiger partial charge in [-0.1, -0.05) is 15.9 Å². The van der Waals surface area contributed by atoms with Crippen LogP contribution in [0.3, 0.4) is 0 Å². The molecule has 0 spiro atoms. The van der Waals surface area contributed by atoms with Crippen LogP contribution < -0.4 is 0 Å². The molecule has 0 saturated heterocycles. The minimum Gasteiger partial charge on any atom is -0.287 e. The van der Waals surface area contributed by atoms with Crippen LogP contribution in [0.1, 0.15) is 15.9 Å². The monoisotopic (exact) mass is 470 g/mol. The zero-order chi connectivity index (χ0) is 20.9. The summed E-state index contributed by atoms with van der Waals surface area (Å²) in [7, 11) is 0. The number of carbonyl (C=O) groups is 1. The van der Waals surface area contributed by atoms with Crippen LogP contribution in [-0.2, 0) is 6.18 Å². The third-order valence-corrected chi connectivity index (χ3v) is 3.45. The average Bonchev–Trinajstić information content (AvgIpc) is 2.43. The van der Waals surface area contributed by atoms with Gasteiger partial charge in [-0.05, 0) is 18.2 Å². The van der Waals surface area contributed by atoms with Crippen molar-refractivity contribution in [3.8, 4) is 0 Å². The number of alkyl halides is 12. The summed E-state index contributed by atoms with van der Waals surface area (Å²) < 4.78 is 153. The molecule has 0 N–H and O–H groups in total. The molecule has 0 radical (unpaired) electrons. The highest BCUT2D eigenvalue weighted by Gasteiger charge is 2.83. The van der Waals surface area contributed by atoms with Crippen molar-refractivity contribution in [2.75, 3.05) is 0 Å². The van der Waals surface area contributed by atoms with Crippen LogP contribution in [0.5, 0.6) is 0 Å². The van der Waals surface area contributed by atoms with Crippen molar-refractivity contribution in [1.29, 1.82) is 0 Å². The van der Waals surface area contributed by atoms with Crippen molar-refractivity contribution in [2.45, 2.75) is 30.1 Å². The van der Waals surface area contributed by atoms with Gasteiger partial charge < -0.3 is 0 Å². The molecule has 0 saturated carbocycles. The first-order valence-corrected chi connectivity index (χ1v) is 6.69. The lowest BCUT2D eigenvalue weighted by Crippen LogP contribution is -2.63. The molecule has 0 amide bonds. The maximum atomic E-state index is 13.5. The molecule has 0 heterocycles. The number of ketones is 1. The molecule has 0 bridgehead atoms. The third-order valence-electron chi connectivity index (χ3n) is 2.96. The highest BCUT2D eigenvalue weighted by molar-refractivity contribution is 9.10. The van der Waals surface area contributed by atoms with Crippen molar-refractivity contribution < 1.29 is 57.5 Å². The van der Waals surface area contributed by atoms with Crippen LogP contribution in [0.4, 0.5) is 52.7 Å². The predicted molar refractivity (Wildman–Crippen MR) is 64.4 cm³/mol. The van der Waals surface area contributed by atoms with Crippen LogP contribution in [0.15, 0.2) is 22.7 Å². The van der Waals surface area contributed by atoms with Gasteiger partial charge in [-0.25, -0.2) is 0 Å². The van der Waals surface area contributed by atoms with E-state index in [-0.39, 0.29) is 12.1 Å². The van der Waals surface area contributed by atoms with Gasteiger partial charge in [0.1, 0.15) is 0 Å². The van der Waals surface area contributed by atoms with E-state index in [1.165, 1.54) is 0 Å². The number of Topliss-reactive ketones (excluding diaryl/α,β-unsaturated/α-hetero) is 1. The SMILES string of the molecule is O=C(c1ccc(Br)cc1C(F)(F)F)C(F)(F)C(F)(F)C(F)(F)C(F)(F)F. The Bertz CT molecular complexity index is 703. The molecule has 0 aliphatic carbocycles. The molecular weight excluding hydrogens is 468 g/mol. The topological polar surface area (TPSA) is 17.1 Å². The number of hydrogen-bond donors (Lipinski definition) is 0. The van der Waals surface area contributed by atoms with E-state index in [1.807, 2.05) is 0 Å². The fourth-order valence-corrected chi connectivity index (χ4v) is 2.00. The standard InChI is InChI=1S/C12H3BrF12O/c13-4-1-2-5(6(3-4)9(16,17)18)7(26)8(14,15)10(19,20)11(21,22)12(23,24)25/h1-3H. The summed E-state index contributed by atoms with van der Waals surface area (Å²) >= 11 is 2.47. The van der Waals surface area contributed by atoms with E-state index >= 15 is 0 Å².